The Labute approximate surface area is 114 Å². The van der Waals surface area contributed by atoms with Crippen LogP contribution in [0.4, 0.5) is 0 Å². The highest BCUT2D eigenvalue weighted by Gasteiger charge is 2.20. The zero-order valence-electron chi connectivity index (χ0n) is 10.8. The third kappa shape index (κ3) is 3.67. The van der Waals surface area contributed by atoms with E-state index in [0.29, 0.717) is 13.2 Å². The van der Waals surface area contributed by atoms with Crippen molar-refractivity contribution in [3.63, 3.8) is 0 Å². The van der Waals surface area contributed by atoms with Crippen LogP contribution in [0.15, 0.2) is 54.6 Å². The van der Waals surface area contributed by atoms with Gasteiger partial charge in [0.25, 0.3) is 0 Å². The molecule has 2 aromatic carbocycles. The molecule has 0 spiro atoms. The number of nitrogens with two attached hydrogens (primary N) is 1. The molecular formula is C15H18BNO2. The minimum Gasteiger partial charge on any atom is -0.426 e. The second-order valence-corrected chi connectivity index (χ2v) is 4.35. The van der Waals surface area contributed by atoms with E-state index < -0.39 is 0 Å². The lowest BCUT2D eigenvalue weighted by atomic mass is 9.55. The van der Waals surface area contributed by atoms with Gasteiger partial charge in [-0.3, -0.25) is 0 Å². The Bertz CT molecular complexity index is 505. The molecule has 0 aliphatic carbocycles. The molecule has 3 N–H and O–H groups in total. The van der Waals surface area contributed by atoms with Crippen LogP contribution < -0.4 is 16.7 Å². The SMILES string of the molecule is NCCOB(c1ccccc1)c1cccc(CO)c1. The zero-order valence-corrected chi connectivity index (χ0v) is 10.8. The van der Waals surface area contributed by atoms with Crippen molar-refractivity contribution < 1.29 is 9.76 Å². The van der Waals surface area contributed by atoms with Gasteiger partial charge in [0.1, 0.15) is 0 Å². The highest BCUT2D eigenvalue weighted by Crippen LogP contribution is 2.00. The quantitative estimate of drug-likeness (QED) is 0.728. The van der Waals surface area contributed by atoms with Crippen molar-refractivity contribution in [2.75, 3.05) is 13.2 Å². The molecule has 0 fully saturated rings. The van der Waals surface area contributed by atoms with Gasteiger partial charge in [-0.05, 0) is 16.5 Å². The van der Waals surface area contributed by atoms with Gasteiger partial charge in [-0.25, -0.2) is 0 Å². The molecule has 3 nitrogen and oxygen atoms in total. The van der Waals surface area contributed by atoms with Crippen LogP contribution in [0, 0.1) is 0 Å². The molecule has 0 amide bonds. The van der Waals surface area contributed by atoms with E-state index in [1.165, 1.54) is 0 Å². The first-order chi connectivity index (χ1) is 9.35. The Morgan fingerprint density at radius 3 is 2.42 bits per heavy atom. The van der Waals surface area contributed by atoms with Gasteiger partial charge in [0.2, 0.25) is 0 Å². The Kier molecular flexibility index (Phi) is 5.15. The van der Waals surface area contributed by atoms with E-state index in [9.17, 15) is 5.11 Å². The molecule has 0 aliphatic rings. The highest BCUT2D eigenvalue weighted by molar-refractivity contribution is 6.80. The second kappa shape index (κ2) is 7.09. The Morgan fingerprint density at radius 1 is 1.00 bits per heavy atom. The van der Waals surface area contributed by atoms with Crippen molar-refractivity contribution in [2.45, 2.75) is 6.61 Å². The monoisotopic (exact) mass is 255 g/mol. The fourth-order valence-electron chi connectivity index (χ4n) is 2.05. The van der Waals surface area contributed by atoms with Crippen LogP contribution >= 0.6 is 0 Å². The van der Waals surface area contributed by atoms with Crippen molar-refractivity contribution in [3.8, 4) is 0 Å². The van der Waals surface area contributed by atoms with Crippen molar-refractivity contribution in [1.82, 2.24) is 0 Å². The number of rotatable bonds is 6. The topological polar surface area (TPSA) is 55.5 Å². The van der Waals surface area contributed by atoms with E-state index in [2.05, 4.69) is 0 Å². The van der Waals surface area contributed by atoms with Crippen LogP contribution in [0.25, 0.3) is 0 Å². The summed E-state index contributed by atoms with van der Waals surface area (Å²) in [7, 11) is 0. The predicted molar refractivity (Wildman–Crippen MR) is 78.8 cm³/mol. The summed E-state index contributed by atoms with van der Waals surface area (Å²) in [6, 6.07) is 17.8. The number of hydrogen-bond donors (Lipinski definition) is 2. The Balaban J connectivity index is 2.31. The van der Waals surface area contributed by atoms with Crippen LogP contribution in [-0.2, 0) is 11.3 Å². The summed E-state index contributed by atoms with van der Waals surface area (Å²) >= 11 is 0. The van der Waals surface area contributed by atoms with Crippen LogP contribution in [0.5, 0.6) is 0 Å². The summed E-state index contributed by atoms with van der Waals surface area (Å²) in [4.78, 5) is 0. The molecule has 0 saturated carbocycles. The second-order valence-electron chi connectivity index (χ2n) is 4.35. The lowest BCUT2D eigenvalue weighted by Gasteiger charge is -2.15. The molecule has 0 radical (unpaired) electrons. The Hall–Kier alpha value is -1.62. The summed E-state index contributed by atoms with van der Waals surface area (Å²) in [5.74, 6) is 0. The molecular weight excluding hydrogens is 237 g/mol. The largest absolute Gasteiger partial charge is 0.426 e. The molecule has 98 valence electrons. The summed E-state index contributed by atoms with van der Waals surface area (Å²) in [6.07, 6.45) is 0. The number of hydrogen-bond acceptors (Lipinski definition) is 3. The smallest absolute Gasteiger partial charge is 0.361 e. The molecule has 0 atom stereocenters. The average molecular weight is 255 g/mol. The van der Waals surface area contributed by atoms with Gasteiger partial charge in [0.15, 0.2) is 0 Å². The molecule has 0 heterocycles. The standard InChI is InChI=1S/C15H18BNO2/c17-9-10-19-16(14-6-2-1-3-7-14)15-8-4-5-13(11-15)12-18/h1-8,11,18H,9-10,12,17H2. The molecule has 4 heteroatoms. The van der Waals surface area contributed by atoms with Crippen molar-refractivity contribution in [2.24, 2.45) is 5.73 Å². The van der Waals surface area contributed by atoms with Gasteiger partial charge in [-0.1, -0.05) is 54.6 Å². The van der Waals surface area contributed by atoms with Crippen LogP contribution in [0.1, 0.15) is 5.56 Å². The maximum atomic E-state index is 9.23. The summed E-state index contributed by atoms with van der Waals surface area (Å²) in [6.45, 7) is 0.884. The fraction of sp³-hybridized carbons (Fsp3) is 0.200. The van der Waals surface area contributed by atoms with Crippen molar-refractivity contribution in [3.05, 3.63) is 60.2 Å². The molecule has 2 aromatic rings. The molecule has 19 heavy (non-hydrogen) atoms. The minimum atomic E-state index is -0.142. The molecule has 0 unspecified atom stereocenters. The van der Waals surface area contributed by atoms with E-state index in [0.717, 1.165) is 16.5 Å². The third-order valence-corrected chi connectivity index (χ3v) is 2.94. The zero-order chi connectivity index (χ0) is 13.5. The summed E-state index contributed by atoms with van der Waals surface area (Å²) in [5.41, 5.74) is 8.53. The maximum Gasteiger partial charge on any atom is 0.361 e. The number of benzene rings is 2. The first-order valence-corrected chi connectivity index (χ1v) is 6.41. The minimum absolute atomic E-state index is 0.0340. The maximum absolute atomic E-state index is 9.23. The van der Waals surface area contributed by atoms with E-state index >= 15 is 0 Å². The third-order valence-electron chi connectivity index (χ3n) is 2.94. The lowest BCUT2D eigenvalue weighted by molar-refractivity contribution is 0.282. The van der Waals surface area contributed by atoms with Gasteiger partial charge < -0.3 is 15.5 Å². The van der Waals surface area contributed by atoms with E-state index in [-0.39, 0.29) is 13.5 Å². The number of aliphatic hydroxyl groups is 1. The Morgan fingerprint density at radius 2 is 1.74 bits per heavy atom. The summed E-state index contributed by atoms with van der Waals surface area (Å²) in [5, 5.41) is 9.23. The fourth-order valence-corrected chi connectivity index (χ4v) is 2.05. The van der Waals surface area contributed by atoms with Crippen molar-refractivity contribution in [1.29, 1.82) is 0 Å². The van der Waals surface area contributed by atoms with Gasteiger partial charge >= 0.3 is 6.92 Å². The molecule has 2 rings (SSSR count). The van der Waals surface area contributed by atoms with Gasteiger partial charge in [0.05, 0.1) is 6.61 Å². The van der Waals surface area contributed by atoms with Gasteiger partial charge in [-0.15, -0.1) is 0 Å². The van der Waals surface area contributed by atoms with Crippen LogP contribution in [0.3, 0.4) is 0 Å². The van der Waals surface area contributed by atoms with E-state index in [1.54, 1.807) is 0 Å². The van der Waals surface area contributed by atoms with Gasteiger partial charge in [0, 0.05) is 13.2 Å². The lowest BCUT2D eigenvalue weighted by Crippen LogP contribution is -2.46. The summed E-state index contributed by atoms with van der Waals surface area (Å²) < 4.78 is 5.86. The number of aliphatic hydroxyl groups excluding tert-OH is 1. The molecule has 0 saturated heterocycles. The normalized spacial score (nSPS) is 10.4. The van der Waals surface area contributed by atoms with Gasteiger partial charge in [-0.2, -0.15) is 0 Å². The van der Waals surface area contributed by atoms with Crippen molar-refractivity contribution >= 4 is 17.8 Å². The first kappa shape index (κ1) is 13.8. The first-order valence-electron chi connectivity index (χ1n) is 6.41. The highest BCUT2D eigenvalue weighted by atomic mass is 16.4. The van der Waals surface area contributed by atoms with Crippen LogP contribution in [-0.4, -0.2) is 25.2 Å². The van der Waals surface area contributed by atoms with E-state index in [4.69, 9.17) is 10.4 Å². The molecule has 0 aromatic heterocycles. The molecule has 0 bridgehead atoms. The van der Waals surface area contributed by atoms with Crippen LogP contribution in [0.2, 0.25) is 0 Å². The average Bonchev–Trinajstić information content (AvgIpc) is 2.49. The predicted octanol–water partition coefficient (Wildman–Crippen LogP) is 0.260. The van der Waals surface area contributed by atoms with E-state index in [1.807, 2.05) is 54.6 Å². The molecule has 0 aliphatic heterocycles.